The number of alkyl halides is 1. The number of hydrogen-bond donors (Lipinski definition) is 0. The first-order valence-electron chi connectivity index (χ1n) is 7.48. The van der Waals surface area contributed by atoms with Crippen LogP contribution in [0.5, 0.6) is 0 Å². The van der Waals surface area contributed by atoms with Crippen molar-refractivity contribution in [1.82, 2.24) is 0 Å². The topological polar surface area (TPSA) is 6.48 Å². The Balaban J connectivity index is 1.70. The van der Waals surface area contributed by atoms with Gasteiger partial charge in [0, 0.05) is 42.9 Å². The number of hydrogen-bond acceptors (Lipinski definition) is 2. The average Bonchev–Trinajstić information content (AvgIpc) is 2.55. The number of aryl methyl sites for hydroxylation is 1. The fourth-order valence-corrected chi connectivity index (χ4v) is 3.44. The summed E-state index contributed by atoms with van der Waals surface area (Å²) in [6.07, 6.45) is 0. The number of anilines is 2. The molecule has 3 rings (SSSR count). The standard InChI is InChI=1S/C18H21BrN2/c1-15-5-4-7-17(13-15)20-9-11-21(12-10-20)18-8-3-2-6-16(18)14-19/h2-8,13H,9-12,14H2,1H3. The zero-order valence-electron chi connectivity index (χ0n) is 12.4. The summed E-state index contributed by atoms with van der Waals surface area (Å²) in [7, 11) is 0. The number of halogens is 1. The minimum absolute atomic E-state index is 0.918. The molecule has 0 atom stereocenters. The molecule has 2 aromatic carbocycles. The van der Waals surface area contributed by atoms with Crippen molar-refractivity contribution in [1.29, 1.82) is 0 Å². The molecule has 3 heteroatoms. The Morgan fingerprint density at radius 2 is 1.62 bits per heavy atom. The molecule has 21 heavy (non-hydrogen) atoms. The fourth-order valence-electron chi connectivity index (χ4n) is 2.96. The molecule has 0 spiro atoms. The van der Waals surface area contributed by atoms with Gasteiger partial charge in [0.25, 0.3) is 0 Å². The Bertz CT molecular complexity index is 604. The monoisotopic (exact) mass is 344 g/mol. The van der Waals surface area contributed by atoms with Crippen LogP contribution in [0.25, 0.3) is 0 Å². The summed E-state index contributed by atoms with van der Waals surface area (Å²) in [5.41, 5.74) is 5.43. The summed E-state index contributed by atoms with van der Waals surface area (Å²) in [6.45, 7) is 6.49. The summed E-state index contributed by atoms with van der Waals surface area (Å²) >= 11 is 3.59. The third-order valence-electron chi connectivity index (χ3n) is 4.12. The summed E-state index contributed by atoms with van der Waals surface area (Å²) in [6, 6.07) is 17.5. The minimum atomic E-state index is 0.918. The molecule has 0 unspecified atom stereocenters. The number of nitrogens with zero attached hydrogens (tertiary/aromatic N) is 2. The molecule has 2 aromatic rings. The van der Waals surface area contributed by atoms with E-state index in [1.165, 1.54) is 22.5 Å². The van der Waals surface area contributed by atoms with E-state index in [2.05, 4.69) is 81.2 Å². The van der Waals surface area contributed by atoms with Crippen molar-refractivity contribution in [2.75, 3.05) is 36.0 Å². The summed E-state index contributed by atoms with van der Waals surface area (Å²) in [5.74, 6) is 0. The number of rotatable bonds is 3. The van der Waals surface area contributed by atoms with Gasteiger partial charge in [-0.25, -0.2) is 0 Å². The highest BCUT2D eigenvalue weighted by Gasteiger charge is 2.18. The molecule has 110 valence electrons. The van der Waals surface area contributed by atoms with Crippen LogP contribution in [-0.4, -0.2) is 26.2 Å². The van der Waals surface area contributed by atoms with Crippen molar-refractivity contribution in [3.8, 4) is 0 Å². The van der Waals surface area contributed by atoms with E-state index >= 15 is 0 Å². The second-order valence-electron chi connectivity index (χ2n) is 5.58. The van der Waals surface area contributed by atoms with Crippen LogP contribution in [-0.2, 0) is 5.33 Å². The van der Waals surface area contributed by atoms with Crippen LogP contribution in [0.15, 0.2) is 48.5 Å². The number of benzene rings is 2. The second kappa shape index (κ2) is 6.52. The molecule has 0 radical (unpaired) electrons. The van der Waals surface area contributed by atoms with Gasteiger partial charge in [-0.05, 0) is 36.2 Å². The summed E-state index contributed by atoms with van der Waals surface area (Å²) in [4.78, 5) is 4.99. The van der Waals surface area contributed by atoms with Crippen molar-refractivity contribution in [3.63, 3.8) is 0 Å². The molecule has 1 aliphatic rings. The van der Waals surface area contributed by atoms with E-state index in [4.69, 9.17) is 0 Å². The Morgan fingerprint density at radius 1 is 0.905 bits per heavy atom. The molecule has 1 aliphatic heterocycles. The molecular weight excluding hydrogens is 324 g/mol. The lowest BCUT2D eigenvalue weighted by molar-refractivity contribution is 0.652. The number of para-hydroxylation sites is 1. The Kier molecular flexibility index (Phi) is 4.49. The average molecular weight is 345 g/mol. The van der Waals surface area contributed by atoms with E-state index in [0.29, 0.717) is 0 Å². The van der Waals surface area contributed by atoms with E-state index in [9.17, 15) is 0 Å². The molecular formula is C18H21BrN2. The highest BCUT2D eigenvalue weighted by molar-refractivity contribution is 9.08. The first-order chi connectivity index (χ1) is 10.3. The van der Waals surface area contributed by atoms with Crippen molar-refractivity contribution >= 4 is 27.3 Å². The van der Waals surface area contributed by atoms with Gasteiger partial charge in [-0.2, -0.15) is 0 Å². The molecule has 0 bridgehead atoms. The van der Waals surface area contributed by atoms with Crippen molar-refractivity contribution in [3.05, 3.63) is 59.7 Å². The van der Waals surface area contributed by atoms with Gasteiger partial charge in [-0.3, -0.25) is 0 Å². The van der Waals surface area contributed by atoms with E-state index in [1.807, 2.05) is 0 Å². The Morgan fingerprint density at radius 3 is 2.33 bits per heavy atom. The first kappa shape index (κ1) is 14.5. The van der Waals surface area contributed by atoms with Crippen molar-refractivity contribution in [2.45, 2.75) is 12.3 Å². The summed E-state index contributed by atoms with van der Waals surface area (Å²) < 4.78 is 0. The fraction of sp³-hybridized carbons (Fsp3) is 0.333. The molecule has 0 aliphatic carbocycles. The predicted octanol–water partition coefficient (Wildman–Crippen LogP) is 4.22. The highest BCUT2D eigenvalue weighted by Crippen LogP contribution is 2.25. The zero-order valence-corrected chi connectivity index (χ0v) is 14.0. The lowest BCUT2D eigenvalue weighted by Crippen LogP contribution is -2.46. The molecule has 1 fully saturated rings. The van der Waals surface area contributed by atoms with Gasteiger partial charge in [0.1, 0.15) is 0 Å². The molecule has 0 N–H and O–H groups in total. The maximum atomic E-state index is 3.59. The smallest absolute Gasteiger partial charge is 0.0408 e. The summed E-state index contributed by atoms with van der Waals surface area (Å²) in [5, 5.41) is 0.918. The molecule has 0 amide bonds. The Labute approximate surface area is 135 Å². The quantitative estimate of drug-likeness (QED) is 0.769. The van der Waals surface area contributed by atoms with Gasteiger partial charge in [-0.15, -0.1) is 0 Å². The van der Waals surface area contributed by atoms with Crippen LogP contribution in [0.3, 0.4) is 0 Å². The SMILES string of the molecule is Cc1cccc(N2CCN(c3ccccc3CBr)CC2)c1. The van der Waals surface area contributed by atoms with Crippen LogP contribution in [0.2, 0.25) is 0 Å². The minimum Gasteiger partial charge on any atom is -0.368 e. The Hall–Kier alpha value is -1.48. The van der Waals surface area contributed by atoms with Crippen LogP contribution < -0.4 is 9.80 Å². The van der Waals surface area contributed by atoms with Gasteiger partial charge in [0.15, 0.2) is 0 Å². The van der Waals surface area contributed by atoms with Crippen molar-refractivity contribution < 1.29 is 0 Å². The highest BCUT2D eigenvalue weighted by atomic mass is 79.9. The van der Waals surface area contributed by atoms with Gasteiger partial charge < -0.3 is 9.80 Å². The zero-order chi connectivity index (χ0) is 14.7. The lowest BCUT2D eigenvalue weighted by atomic mass is 10.1. The maximum Gasteiger partial charge on any atom is 0.0408 e. The molecule has 1 saturated heterocycles. The van der Waals surface area contributed by atoms with E-state index in [0.717, 1.165) is 31.5 Å². The van der Waals surface area contributed by atoms with Crippen LogP contribution in [0.1, 0.15) is 11.1 Å². The third-order valence-corrected chi connectivity index (χ3v) is 4.73. The predicted molar refractivity (Wildman–Crippen MR) is 94.7 cm³/mol. The number of piperazine rings is 1. The lowest BCUT2D eigenvalue weighted by Gasteiger charge is -2.38. The van der Waals surface area contributed by atoms with Gasteiger partial charge in [0.05, 0.1) is 0 Å². The van der Waals surface area contributed by atoms with Crippen molar-refractivity contribution in [2.24, 2.45) is 0 Å². The second-order valence-corrected chi connectivity index (χ2v) is 6.14. The van der Waals surface area contributed by atoms with Gasteiger partial charge >= 0.3 is 0 Å². The van der Waals surface area contributed by atoms with Crippen LogP contribution in [0, 0.1) is 6.92 Å². The van der Waals surface area contributed by atoms with E-state index in [-0.39, 0.29) is 0 Å². The molecule has 2 nitrogen and oxygen atoms in total. The van der Waals surface area contributed by atoms with E-state index < -0.39 is 0 Å². The van der Waals surface area contributed by atoms with Gasteiger partial charge in [-0.1, -0.05) is 46.3 Å². The largest absolute Gasteiger partial charge is 0.368 e. The normalized spacial score (nSPS) is 15.3. The van der Waals surface area contributed by atoms with E-state index in [1.54, 1.807) is 0 Å². The van der Waals surface area contributed by atoms with Crippen LogP contribution in [0.4, 0.5) is 11.4 Å². The first-order valence-corrected chi connectivity index (χ1v) is 8.60. The third kappa shape index (κ3) is 3.24. The molecule has 0 saturated carbocycles. The van der Waals surface area contributed by atoms with Crippen LogP contribution >= 0.6 is 15.9 Å². The maximum absolute atomic E-state index is 3.59. The van der Waals surface area contributed by atoms with Gasteiger partial charge in [0.2, 0.25) is 0 Å². The molecule has 1 heterocycles. The molecule has 0 aromatic heterocycles.